The summed E-state index contributed by atoms with van der Waals surface area (Å²) in [7, 11) is 0. The number of carbonyl (C=O) groups is 1. The number of hydrogen-bond acceptors (Lipinski definition) is 1. The lowest BCUT2D eigenvalue weighted by atomic mass is 9.75. The smallest absolute Gasteiger partial charge is 0.253 e. The van der Waals surface area contributed by atoms with Gasteiger partial charge in [-0.05, 0) is 30.7 Å². The van der Waals surface area contributed by atoms with Crippen LogP contribution in [0.5, 0.6) is 0 Å². The van der Waals surface area contributed by atoms with Crippen molar-refractivity contribution in [2.45, 2.75) is 45.6 Å². The Morgan fingerprint density at radius 2 is 2.15 bits per heavy atom. The van der Waals surface area contributed by atoms with E-state index in [-0.39, 0.29) is 5.91 Å². The standard InChI is InChI=1S/C17H22N2O/c1-17(2)9-5-6-12(10-17)19-16(20)14-11-18-15-8-4-3-7-13(14)15/h3-4,7-8,11-12,18H,5-6,9-10H2,1-2H3,(H,19,20). The predicted octanol–water partition coefficient (Wildman–Crippen LogP) is 3.87. The molecule has 0 radical (unpaired) electrons. The van der Waals surface area contributed by atoms with Crippen LogP contribution >= 0.6 is 0 Å². The van der Waals surface area contributed by atoms with Crippen LogP contribution in [-0.4, -0.2) is 16.9 Å². The van der Waals surface area contributed by atoms with Gasteiger partial charge in [-0.15, -0.1) is 0 Å². The number of aromatic nitrogens is 1. The highest BCUT2D eigenvalue weighted by Crippen LogP contribution is 2.35. The fourth-order valence-electron chi connectivity index (χ4n) is 3.34. The minimum Gasteiger partial charge on any atom is -0.360 e. The van der Waals surface area contributed by atoms with Gasteiger partial charge in [0.1, 0.15) is 0 Å². The van der Waals surface area contributed by atoms with Gasteiger partial charge in [0.2, 0.25) is 0 Å². The molecule has 3 nitrogen and oxygen atoms in total. The number of hydrogen-bond donors (Lipinski definition) is 2. The van der Waals surface area contributed by atoms with Crippen LogP contribution in [0.25, 0.3) is 10.9 Å². The molecular weight excluding hydrogens is 248 g/mol. The number of rotatable bonds is 2. The van der Waals surface area contributed by atoms with E-state index < -0.39 is 0 Å². The number of carbonyl (C=O) groups excluding carboxylic acids is 1. The molecule has 1 amide bonds. The highest BCUT2D eigenvalue weighted by Gasteiger charge is 2.29. The second-order valence-corrected chi connectivity index (χ2v) is 6.68. The summed E-state index contributed by atoms with van der Waals surface area (Å²) in [5, 5.41) is 4.21. The number of benzene rings is 1. The average molecular weight is 270 g/mol. The van der Waals surface area contributed by atoms with Gasteiger partial charge in [0.25, 0.3) is 5.91 Å². The van der Waals surface area contributed by atoms with Gasteiger partial charge in [0.05, 0.1) is 5.56 Å². The number of aromatic amines is 1. The molecule has 1 aliphatic carbocycles. The summed E-state index contributed by atoms with van der Waals surface area (Å²) in [6.45, 7) is 4.58. The molecule has 1 heterocycles. The van der Waals surface area contributed by atoms with E-state index in [1.165, 1.54) is 12.8 Å². The Morgan fingerprint density at radius 3 is 2.95 bits per heavy atom. The van der Waals surface area contributed by atoms with E-state index in [1.54, 1.807) is 0 Å². The fraction of sp³-hybridized carbons (Fsp3) is 0.471. The monoisotopic (exact) mass is 270 g/mol. The van der Waals surface area contributed by atoms with Gasteiger partial charge < -0.3 is 10.3 Å². The van der Waals surface area contributed by atoms with Crippen molar-refractivity contribution >= 4 is 16.8 Å². The molecule has 2 aromatic rings. The zero-order valence-corrected chi connectivity index (χ0v) is 12.2. The van der Waals surface area contributed by atoms with E-state index >= 15 is 0 Å². The van der Waals surface area contributed by atoms with Crippen LogP contribution in [0.15, 0.2) is 30.5 Å². The molecular formula is C17H22N2O. The first kappa shape index (κ1) is 13.2. The van der Waals surface area contributed by atoms with Crippen LogP contribution in [0.1, 0.15) is 49.9 Å². The summed E-state index contributed by atoms with van der Waals surface area (Å²) in [6, 6.07) is 8.24. The van der Waals surface area contributed by atoms with Crippen molar-refractivity contribution in [3.63, 3.8) is 0 Å². The van der Waals surface area contributed by atoms with E-state index in [2.05, 4.69) is 24.1 Å². The Hall–Kier alpha value is -1.77. The van der Waals surface area contributed by atoms with Crippen LogP contribution in [-0.2, 0) is 0 Å². The molecule has 1 atom stereocenters. The topological polar surface area (TPSA) is 44.9 Å². The summed E-state index contributed by atoms with van der Waals surface area (Å²) < 4.78 is 0. The minimum absolute atomic E-state index is 0.0464. The second kappa shape index (κ2) is 4.97. The number of fused-ring (bicyclic) bond motifs is 1. The molecule has 0 saturated heterocycles. The molecule has 20 heavy (non-hydrogen) atoms. The van der Waals surface area contributed by atoms with Gasteiger partial charge in [0, 0.05) is 23.1 Å². The largest absolute Gasteiger partial charge is 0.360 e. The molecule has 0 spiro atoms. The third-order valence-electron chi connectivity index (χ3n) is 4.37. The van der Waals surface area contributed by atoms with Crippen molar-refractivity contribution in [1.29, 1.82) is 0 Å². The molecule has 0 bridgehead atoms. The predicted molar refractivity (Wildman–Crippen MR) is 81.8 cm³/mol. The zero-order chi connectivity index (χ0) is 14.2. The van der Waals surface area contributed by atoms with Crippen LogP contribution in [0.4, 0.5) is 0 Å². The third kappa shape index (κ3) is 2.58. The fourth-order valence-corrected chi connectivity index (χ4v) is 3.34. The summed E-state index contributed by atoms with van der Waals surface area (Å²) in [6.07, 6.45) is 6.44. The van der Waals surface area contributed by atoms with Gasteiger partial charge in [0.15, 0.2) is 0 Å². The van der Waals surface area contributed by atoms with Crippen molar-refractivity contribution in [1.82, 2.24) is 10.3 Å². The first-order valence-electron chi connectivity index (χ1n) is 7.42. The van der Waals surface area contributed by atoms with Gasteiger partial charge >= 0.3 is 0 Å². The number of para-hydroxylation sites is 1. The lowest BCUT2D eigenvalue weighted by Crippen LogP contribution is -2.40. The van der Waals surface area contributed by atoms with Gasteiger partial charge in [-0.2, -0.15) is 0 Å². The van der Waals surface area contributed by atoms with Gasteiger partial charge in [-0.3, -0.25) is 4.79 Å². The van der Waals surface area contributed by atoms with Gasteiger partial charge in [-0.1, -0.05) is 38.5 Å². The highest BCUT2D eigenvalue weighted by atomic mass is 16.1. The quantitative estimate of drug-likeness (QED) is 0.855. The summed E-state index contributed by atoms with van der Waals surface area (Å²) >= 11 is 0. The Balaban J connectivity index is 1.76. The molecule has 0 aliphatic heterocycles. The Kier molecular flexibility index (Phi) is 3.28. The lowest BCUT2D eigenvalue weighted by molar-refractivity contribution is 0.0904. The minimum atomic E-state index is 0.0464. The van der Waals surface area contributed by atoms with E-state index in [4.69, 9.17) is 0 Å². The van der Waals surface area contributed by atoms with Crippen LogP contribution in [0.2, 0.25) is 0 Å². The van der Waals surface area contributed by atoms with Crippen LogP contribution in [0, 0.1) is 5.41 Å². The maximum Gasteiger partial charge on any atom is 0.253 e. The molecule has 1 saturated carbocycles. The average Bonchev–Trinajstić information content (AvgIpc) is 2.81. The number of nitrogens with one attached hydrogen (secondary N) is 2. The molecule has 106 valence electrons. The molecule has 1 aliphatic rings. The lowest BCUT2D eigenvalue weighted by Gasteiger charge is -2.35. The molecule has 1 aromatic heterocycles. The van der Waals surface area contributed by atoms with Crippen LogP contribution in [0.3, 0.4) is 0 Å². The van der Waals surface area contributed by atoms with E-state index in [1.807, 2.05) is 30.5 Å². The molecule has 2 N–H and O–H groups in total. The van der Waals surface area contributed by atoms with Gasteiger partial charge in [-0.25, -0.2) is 0 Å². The highest BCUT2D eigenvalue weighted by molar-refractivity contribution is 6.06. The molecule has 1 fully saturated rings. The number of H-pyrrole nitrogens is 1. The summed E-state index contributed by atoms with van der Waals surface area (Å²) in [5.74, 6) is 0.0464. The summed E-state index contributed by atoms with van der Waals surface area (Å²) in [4.78, 5) is 15.6. The maximum absolute atomic E-state index is 12.5. The van der Waals surface area contributed by atoms with Crippen LogP contribution < -0.4 is 5.32 Å². The zero-order valence-electron chi connectivity index (χ0n) is 12.2. The molecule has 3 rings (SSSR count). The Labute approximate surface area is 119 Å². The first-order valence-corrected chi connectivity index (χ1v) is 7.42. The van der Waals surface area contributed by atoms with Crippen molar-refractivity contribution < 1.29 is 4.79 Å². The Bertz CT molecular complexity index is 627. The molecule has 1 unspecified atom stereocenters. The van der Waals surface area contributed by atoms with E-state index in [0.29, 0.717) is 11.5 Å². The van der Waals surface area contributed by atoms with Crippen molar-refractivity contribution in [3.05, 3.63) is 36.0 Å². The molecule has 1 aromatic carbocycles. The maximum atomic E-state index is 12.5. The third-order valence-corrected chi connectivity index (χ3v) is 4.37. The molecule has 3 heteroatoms. The summed E-state index contributed by atoms with van der Waals surface area (Å²) in [5.41, 5.74) is 2.11. The van der Waals surface area contributed by atoms with Crippen molar-refractivity contribution in [2.24, 2.45) is 5.41 Å². The van der Waals surface area contributed by atoms with Crippen molar-refractivity contribution in [2.75, 3.05) is 0 Å². The van der Waals surface area contributed by atoms with Crippen molar-refractivity contribution in [3.8, 4) is 0 Å². The SMILES string of the molecule is CC1(C)CCCC(NC(=O)c2c[nH]c3ccccc23)C1. The Morgan fingerprint density at radius 1 is 1.35 bits per heavy atom. The van der Waals surface area contributed by atoms with E-state index in [9.17, 15) is 4.79 Å². The number of amides is 1. The second-order valence-electron chi connectivity index (χ2n) is 6.68. The first-order chi connectivity index (χ1) is 9.55. The normalized spacial score (nSPS) is 21.8. The van der Waals surface area contributed by atoms with E-state index in [0.717, 1.165) is 29.3 Å².